The molecule has 1 aliphatic rings. The molecule has 0 aromatic heterocycles. The number of hydrogen-bond acceptors (Lipinski definition) is 4. The van der Waals surface area contributed by atoms with Crippen molar-refractivity contribution in [3.63, 3.8) is 0 Å². The molecule has 0 aliphatic carbocycles. The fourth-order valence-corrected chi connectivity index (χ4v) is 3.46. The quantitative estimate of drug-likeness (QED) is 0.856. The molecule has 0 amide bonds. The minimum Gasteiger partial charge on any atom is -0.478 e. The van der Waals surface area contributed by atoms with E-state index in [1.165, 1.54) is 12.1 Å². The average Bonchev–Trinajstić information content (AvgIpc) is 2.46. The molecule has 1 aromatic carbocycles. The molecule has 1 unspecified atom stereocenters. The average molecular weight is 334 g/mol. The van der Waals surface area contributed by atoms with Gasteiger partial charge in [-0.2, -0.15) is 0 Å². The summed E-state index contributed by atoms with van der Waals surface area (Å²) in [5.41, 5.74) is -0.236. The highest BCUT2D eigenvalue weighted by atomic mass is 35.5. The van der Waals surface area contributed by atoms with Gasteiger partial charge in [0.1, 0.15) is 0 Å². The van der Waals surface area contributed by atoms with Crippen LogP contribution in [0.25, 0.3) is 0 Å². The first-order valence-electron chi connectivity index (χ1n) is 6.50. The second-order valence-electron chi connectivity index (χ2n) is 4.88. The zero-order valence-electron chi connectivity index (χ0n) is 11.2. The van der Waals surface area contributed by atoms with Crippen LogP contribution in [-0.2, 0) is 14.8 Å². The molecular formula is C13H16ClNO5S. The van der Waals surface area contributed by atoms with Crippen LogP contribution in [0.4, 0.5) is 0 Å². The van der Waals surface area contributed by atoms with Gasteiger partial charge in [0.05, 0.1) is 22.1 Å². The second kappa shape index (κ2) is 6.74. The smallest absolute Gasteiger partial charge is 0.337 e. The number of halogens is 1. The van der Waals surface area contributed by atoms with E-state index in [-0.39, 0.29) is 27.9 Å². The first-order valence-corrected chi connectivity index (χ1v) is 8.36. The van der Waals surface area contributed by atoms with Crippen molar-refractivity contribution in [2.75, 3.05) is 19.8 Å². The van der Waals surface area contributed by atoms with Gasteiger partial charge in [0.2, 0.25) is 10.0 Å². The maximum atomic E-state index is 12.2. The Bertz CT molecular complexity index is 625. The first-order chi connectivity index (χ1) is 9.90. The van der Waals surface area contributed by atoms with Gasteiger partial charge in [-0.05, 0) is 37.0 Å². The van der Waals surface area contributed by atoms with Gasteiger partial charge in [0, 0.05) is 13.2 Å². The van der Waals surface area contributed by atoms with E-state index in [1.807, 2.05) is 0 Å². The summed E-state index contributed by atoms with van der Waals surface area (Å²) in [6.45, 7) is 1.51. The topological polar surface area (TPSA) is 92.7 Å². The Hall–Kier alpha value is -1.15. The molecule has 1 aromatic rings. The largest absolute Gasteiger partial charge is 0.478 e. The Morgan fingerprint density at radius 1 is 1.48 bits per heavy atom. The van der Waals surface area contributed by atoms with Gasteiger partial charge in [-0.1, -0.05) is 11.6 Å². The maximum Gasteiger partial charge on any atom is 0.337 e. The van der Waals surface area contributed by atoms with E-state index < -0.39 is 16.0 Å². The number of nitrogens with one attached hydrogen (secondary N) is 1. The number of ether oxygens (including phenoxy) is 1. The Balaban J connectivity index is 2.11. The molecule has 1 fully saturated rings. The Morgan fingerprint density at radius 2 is 2.24 bits per heavy atom. The highest BCUT2D eigenvalue weighted by Crippen LogP contribution is 2.21. The fraction of sp³-hybridized carbons (Fsp3) is 0.462. The molecule has 1 aliphatic heterocycles. The summed E-state index contributed by atoms with van der Waals surface area (Å²) in [5.74, 6) is -1.13. The fourth-order valence-electron chi connectivity index (χ4n) is 2.11. The molecule has 0 saturated carbocycles. The lowest BCUT2D eigenvalue weighted by atomic mass is 10.0. The number of carbonyl (C=O) groups is 1. The lowest BCUT2D eigenvalue weighted by Gasteiger charge is -2.22. The normalized spacial score (nSPS) is 19.4. The van der Waals surface area contributed by atoms with E-state index in [1.54, 1.807) is 0 Å². The Morgan fingerprint density at radius 3 is 2.86 bits per heavy atom. The van der Waals surface area contributed by atoms with Gasteiger partial charge in [-0.25, -0.2) is 17.9 Å². The molecule has 21 heavy (non-hydrogen) atoms. The first kappa shape index (κ1) is 16.2. The van der Waals surface area contributed by atoms with E-state index in [9.17, 15) is 13.2 Å². The van der Waals surface area contributed by atoms with Crippen LogP contribution in [0, 0.1) is 5.92 Å². The predicted octanol–water partition coefficient (Wildman–Crippen LogP) is 1.74. The number of hydrogen-bond donors (Lipinski definition) is 2. The molecule has 116 valence electrons. The number of carboxylic acids is 1. The summed E-state index contributed by atoms with van der Waals surface area (Å²) in [4.78, 5) is 10.9. The Kier molecular flexibility index (Phi) is 5.21. The summed E-state index contributed by atoms with van der Waals surface area (Å²) in [6, 6.07) is 3.61. The molecule has 0 radical (unpaired) electrons. The minimum atomic E-state index is -3.76. The summed E-state index contributed by atoms with van der Waals surface area (Å²) >= 11 is 5.73. The minimum absolute atomic E-state index is 0.00197. The van der Waals surface area contributed by atoms with Crippen molar-refractivity contribution in [3.05, 3.63) is 28.8 Å². The Labute approximate surface area is 128 Å². The van der Waals surface area contributed by atoms with E-state index in [0.29, 0.717) is 13.2 Å². The third kappa shape index (κ3) is 4.16. The van der Waals surface area contributed by atoms with Crippen LogP contribution in [0.3, 0.4) is 0 Å². The van der Waals surface area contributed by atoms with Crippen LogP contribution in [0.1, 0.15) is 23.2 Å². The highest BCUT2D eigenvalue weighted by Gasteiger charge is 2.21. The van der Waals surface area contributed by atoms with E-state index in [4.69, 9.17) is 21.4 Å². The summed E-state index contributed by atoms with van der Waals surface area (Å²) in [7, 11) is -3.76. The third-order valence-electron chi connectivity index (χ3n) is 3.30. The molecule has 2 N–H and O–H groups in total. The van der Waals surface area contributed by atoms with Crippen molar-refractivity contribution in [2.45, 2.75) is 17.7 Å². The van der Waals surface area contributed by atoms with Gasteiger partial charge in [0.25, 0.3) is 0 Å². The summed E-state index contributed by atoms with van der Waals surface area (Å²) in [6.07, 6.45) is 1.82. The van der Waals surface area contributed by atoms with Crippen LogP contribution < -0.4 is 4.72 Å². The second-order valence-corrected chi connectivity index (χ2v) is 7.06. The molecule has 1 saturated heterocycles. The monoisotopic (exact) mass is 333 g/mol. The van der Waals surface area contributed by atoms with Gasteiger partial charge in [-0.3, -0.25) is 0 Å². The summed E-state index contributed by atoms with van der Waals surface area (Å²) < 4.78 is 32.1. The van der Waals surface area contributed by atoms with Gasteiger partial charge >= 0.3 is 5.97 Å². The number of aromatic carboxylic acids is 1. The standard InChI is InChI=1S/C13H16ClNO5S/c14-12-4-3-10(6-11(12)13(16)17)21(18,19)15-7-9-2-1-5-20-8-9/h3-4,6,9,15H,1-2,5,7-8H2,(H,16,17). The molecule has 1 heterocycles. The van der Waals surface area contributed by atoms with Crippen LogP contribution in [0.2, 0.25) is 5.02 Å². The van der Waals surface area contributed by atoms with Crippen molar-refractivity contribution in [1.82, 2.24) is 4.72 Å². The molecule has 1 atom stereocenters. The van der Waals surface area contributed by atoms with Crippen LogP contribution in [0.15, 0.2) is 23.1 Å². The number of benzene rings is 1. The number of sulfonamides is 1. The van der Waals surface area contributed by atoms with E-state index >= 15 is 0 Å². The van der Waals surface area contributed by atoms with Crippen molar-refractivity contribution in [1.29, 1.82) is 0 Å². The lowest BCUT2D eigenvalue weighted by molar-refractivity contribution is 0.0568. The van der Waals surface area contributed by atoms with Crippen molar-refractivity contribution in [3.8, 4) is 0 Å². The molecular weight excluding hydrogens is 318 g/mol. The molecule has 2 rings (SSSR count). The number of rotatable bonds is 5. The lowest BCUT2D eigenvalue weighted by Crippen LogP contribution is -2.33. The predicted molar refractivity (Wildman–Crippen MR) is 77.1 cm³/mol. The zero-order valence-corrected chi connectivity index (χ0v) is 12.8. The van der Waals surface area contributed by atoms with Gasteiger partial charge < -0.3 is 9.84 Å². The van der Waals surface area contributed by atoms with Gasteiger partial charge in [-0.15, -0.1) is 0 Å². The van der Waals surface area contributed by atoms with Crippen LogP contribution in [0.5, 0.6) is 0 Å². The van der Waals surface area contributed by atoms with E-state index in [0.717, 1.165) is 18.9 Å². The third-order valence-corrected chi connectivity index (χ3v) is 5.05. The maximum absolute atomic E-state index is 12.2. The van der Waals surface area contributed by atoms with Crippen LogP contribution >= 0.6 is 11.6 Å². The summed E-state index contributed by atoms with van der Waals surface area (Å²) in [5, 5.41) is 8.98. The SMILES string of the molecule is O=C(O)c1cc(S(=O)(=O)NCC2CCCOC2)ccc1Cl. The van der Waals surface area contributed by atoms with Gasteiger partial charge in [0.15, 0.2) is 0 Å². The molecule has 8 heteroatoms. The van der Waals surface area contributed by atoms with Crippen molar-refractivity contribution in [2.24, 2.45) is 5.92 Å². The molecule has 0 spiro atoms. The number of carboxylic acid groups (broad SMARTS) is 1. The van der Waals surface area contributed by atoms with Crippen molar-refractivity contribution >= 4 is 27.6 Å². The molecule has 6 nitrogen and oxygen atoms in total. The molecule has 0 bridgehead atoms. The van der Waals surface area contributed by atoms with Crippen molar-refractivity contribution < 1.29 is 23.1 Å². The van der Waals surface area contributed by atoms with E-state index in [2.05, 4.69) is 4.72 Å². The van der Waals surface area contributed by atoms with Crippen LogP contribution in [-0.4, -0.2) is 39.3 Å². The highest BCUT2D eigenvalue weighted by molar-refractivity contribution is 7.89. The zero-order chi connectivity index (χ0) is 15.5.